The van der Waals surface area contributed by atoms with Crippen LogP contribution in [-0.2, 0) is 0 Å². The first kappa shape index (κ1) is 17.3. The largest absolute Gasteiger partial charge is 0.304 e. The number of hydrogen-bond acceptors (Lipinski definition) is 5. The van der Waals surface area contributed by atoms with E-state index in [2.05, 4.69) is 41.4 Å². The summed E-state index contributed by atoms with van der Waals surface area (Å²) in [5.41, 5.74) is 3.28. The number of fused-ring (bicyclic) bond motifs is 1. The van der Waals surface area contributed by atoms with Gasteiger partial charge in [0, 0.05) is 21.9 Å². The normalized spacial score (nSPS) is 11.1. The van der Waals surface area contributed by atoms with Gasteiger partial charge in [-0.15, -0.1) is 5.10 Å². The lowest BCUT2D eigenvalue weighted by molar-refractivity contribution is 0.101. The molecule has 0 aliphatic carbocycles. The predicted molar refractivity (Wildman–Crippen MR) is 104 cm³/mol. The molecule has 0 bridgehead atoms. The van der Waals surface area contributed by atoms with Gasteiger partial charge in [-0.3, -0.25) is 4.79 Å². The molecule has 3 heterocycles. The van der Waals surface area contributed by atoms with Gasteiger partial charge in [-0.2, -0.15) is 10.1 Å². The molecule has 27 heavy (non-hydrogen) atoms. The maximum atomic E-state index is 12.7. The number of carbonyl (C=O) groups is 1. The first-order chi connectivity index (χ1) is 12.9. The van der Waals surface area contributed by atoms with Crippen LogP contribution in [0.5, 0.6) is 0 Å². The highest BCUT2D eigenvalue weighted by Gasteiger charge is 2.18. The maximum absolute atomic E-state index is 12.7. The van der Waals surface area contributed by atoms with Gasteiger partial charge < -0.3 is 5.32 Å². The van der Waals surface area contributed by atoms with Crippen LogP contribution in [0.25, 0.3) is 11.5 Å². The van der Waals surface area contributed by atoms with Crippen LogP contribution in [0.4, 0.5) is 5.82 Å². The molecule has 0 aliphatic heterocycles. The lowest BCUT2D eigenvalue weighted by atomic mass is 10.3. The van der Waals surface area contributed by atoms with Crippen molar-refractivity contribution >= 4 is 33.4 Å². The minimum absolute atomic E-state index is 0.0517. The first-order valence-electron chi connectivity index (χ1n) is 8.26. The Labute approximate surface area is 163 Å². The fraction of sp³-hybridized carbons (Fsp3) is 0.167. The molecule has 9 heteroatoms. The molecule has 1 N–H and O–H groups in total. The number of aryl methyl sites for hydroxylation is 3. The smallest absolute Gasteiger partial charge is 0.296 e. The van der Waals surface area contributed by atoms with Gasteiger partial charge >= 0.3 is 0 Å². The Morgan fingerprint density at radius 2 is 1.85 bits per heavy atom. The van der Waals surface area contributed by atoms with Gasteiger partial charge in [0.2, 0.25) is 5.82 Å². The van der Waals surface area contributed by atoms with E-state index in [-0.39, 0.29) is 5.82 Å². The number of rotatable bonds is 3. The molecule has 4 aromatic rings. The van der Waals surface area contributed by atoms with E-state index in [1.165, 1.54) is 0 Å². The van der Waals surface area contributed by atoms with Crippen LogP contribution in [0.3, 0.4) is 0 Å². The Kier molecular flexibility index (Phi) is 4.23. The summed E-state index contributed by atoms with van der Waals surface area (Å²) in [4.78, 5) is 21.3. The first-order valence-corrected chi connectivity index (χ1v) is 9.05. The number of nitrogens with zero attached hydrogens (tertiary/aromatic N) is 6. The molecule has 1 amide bonds. The van der Waals surface area contributed by atoms with E-state index in [1.807, 2.05) is 51.1 Å². The molecule has 0 radical (unpaired) electrons. The van der Waals surface area contributed by atoms with Crippen LogP contribution in [0.2, 0.25) is 0 Å². The van der Waals surface area contributed by atoms with Crippen LogP contribution in [0, 0.1) is 20.8 Å². The highest BCUT2D eigenvalue weighted by Crippen LogP contribution is 2.21. The zero-order valence-electron chi connectivity index (χ0n) is 14.9. The number of amides is 1. The molecule has 1 aromatic carbocycles. The Bertz CT molecular complexity index is 1180. The average Bonchev–Trinajstić information content (AvgIpc) is 3.18. The monoisotopic (exact) mass is 425 g/mol. The summed E-state index contributed by atoms with van der Waals surface area (Å²) in [6.07, 6.45) is 0. The predicted octanol–water partition coefficient (Wildman–Crippen LogP) is 3.25. The topological polar surface area (TPSA) is 90.0 Å². The number of aromatic nitrogens is 6. The molecule has 3 aromatic heterocycles. The standard InChI is InChI=1S/C18H16BrN7O/c1-10-7-12(3)25-18(20-10)22-16(24-25)17(27)21-15-8-11(2)23-26(15)14-6-4-5-13(19)9-14/h4-9H,1-3H3,(H,21,27). The third-order valence-electron chi connectivity index (χ3n) is 3.95. The molecule has 0 fully saturated rings. The zero-order chi connectivity index (χ0) is 19.1. The van der Waals surface area contributed by atoms with Crippen molar-refractivity contribution in [2.75, 3.05) is 5.32 Å². The number of benzene rings is 1. The van der Waals surface area contributed by atoms with Gasteiger partial charge in [-0.25, -0.2) is 14.2 Å². The van der Waals surface area contributed by atoms with Crippen LogP contribution in [-0.4, -0.2) is 35.3 Å². The third-order valence-corrected chi connectivity index (χ3v) is 4.44. The zero-order valence-corrected chi connectivity index (χ0v) is 16.5. The van der Waals surface area contributed by atoms with Crippen LogP contribution in [0.1, 0.15) is 27.7 Å². The van der Waals surface area contributed by atoms with Gasteiger partial charge in [0.15, 0.2) is 0 Å². The highest BCUT2D eigenvalue weighted by molar-refractivity contribution is 9.10. The second-order valence-electron chi connectivity index (χ2n) is 6.20. The summed E-state index contributed by atoms with van der Waals surface area (Å²) in [6, 6.07) is 11.3. The Morgan fingerprint density at radius 1 is 1.04 bits per heavy atom. The molecule has 0 saturated heterocycles. The van der Waals surface area contributed by atoms with E-state index in [1.54, 1.807) is 15.3 Å². The average molecular weight is 426 g/mol. The number of halogens is 1. The molecule has 0 aliphatic rings. The van der Waals surface area contributed by atoms with Crippen LogP contribution in [0.15, 0.2) is 40.9 Å². The molecule has 0 spiro atoms. The second-order valence-corrected chi connectivity index (χ2v) is 7.12. The van der Waals surface area contributed by atoms with E-state index < -0.39 is 5.91 Å². The van der Waals surface area contributed by atoms with Crippen LogP contribution >= 0.6 is 15.9 Å². The minimum atomic E-state index is -0.423. The molecule has 0 atom stereocenters. The van der Waals surface area contributed by atoms with Crippen molar-refractivity contribution in [3.63, 3.8) is 0 Å². The van der Waals surface area contributed by atoms with Crippen molar-refractivity contribution in [1.82, 2.24) is 29.4 Å². The number of carbonyl (C=O) groups excluding carboxylic acids is 1. The minimum Gasteiger partial charge on any atom is -0.304 e. The van der Waals surface area contributed by atoms with Crippen molar-refractivity contribution in [3.05, 3.63) is 63.8 Å². The SMILES string of the molecule is Cc1cc(C)n2nc(C(=O)Nc3cc(C)nn3-c3cccc(Br)c3)nc2n1. The summed E-state index contributed by atoms with van der Waals surface area (Å²) in [5, 5.41) is 11.6. The van der Waals surface area contributed by atoms with E-state index in [0.29, 0.717) is 11.6 Å². The van der Waals surface area contributed by atoms with Gasteiger partial charge in [-0.05, 0) is 45.0 Å². The molecular weight excluding hydrogens is 410 g/mol. The van der Waals surface area contributed by atoms with Gasteiger partial charge in [0.05, 0.1) is 11.4 Å². The van der Waals surface area contributed by atoms with Crippen molar-refractivity contribution in [1.29, 1.82) is 0 Å². The lowest BCUT2D eigenvalue weighted by Gasteiger charge is -2.08. The second kappa shape index (κ2) is 6.58. The third kappa shape index (κ3) is 3.33. The van der Waals surface area contributed by atoms with Crippen molar-refractivity contribution in [2.24, 2.45) is 0 Å². The number of hydrogen-bond donors (Lipinski definition) is 1. The quantitative estimate of drug-likeness (QED) is 0.543. The molecular formula is C18H16BrN7O. The van der Waals surface area contributed by atoms with Crippen molar-refractivity contribution in [2.45, 2.75) is 20.8 Å². The Balaban J connectivity index is 1.69. The van der Waals surface area contributed by atoms with Gasteiger partial charge in [0.1, 0.15) is 5.82 Å². The lowest BCUT2D eigenvalue weighted by Crippen LogP contribution is -2.16. The molecule has 8 nitrogen and oxygen atoms in total. The van der Waals surface area contributed by atoms with Gasteiger partial charge in [0.25, 0.3) is 11.7 Å². The summed E-state index contributed by atoms with van der Waals surface area (Å²) in [7, 11) is 0. The van der Waals surface area contributed by atoms with Crippen LogP contribution < -0.4 is 5.32 Å². The van der Waals surface area contributed by atoms with E-state index >= 15 is 0 Å². The summed E-state index contributed by atoms with van der Waals surface area (Å²) in [5.74, 6) is 0.564. The number of anilines is 1. The van der Waals surface area contributed by atoms with Gasteiger partial charge in [-0.1, -0.05) is 22.0 Å². The highest BCUT2D eigenvalue weighted by atomic mass is 79.9. The van der Waals surface area contributed by atoms with E-state index in [4.69, 9.17) is 0 Å². The molecule has 4 rings (SSSR count). The van der Waals surface area contributed by atoms with Crippen molar-refractivity contribution in [3.8, 4) is 5.69 Å². The fourth-order valence-electron chi connectivity index (χ4n) is 2.83. The molecule has 0 saturated carbocycles. The Hall–Kier alpha value is -3.07. The summed E-state index contributed by atoms with van der Waals surface area (Å²) < 4.78 is 4.14. The molecule has 136 valence electrons. The molecule has 0 unspecified atom stereocenters. The van der Waals surface area contributed by atoms with E-state index in [0.717, 1.165) is 27.2 Å². The summed E-state index contributed by atoms with van der Waals surface area (Å²) in [6.45, 7) is 5.63. The Morgan fingerprint density at radius 3 is 2.63 bits per heavy atom. The fourth-order valence-corrected chi connectivity index (χ4v) is 3.22. The van der Waals surface area contributed by atoms with Crippen molar-refractivity contribution < 1.29 is 4.79 Å². The maximum Gasteiger partial charge on any atom is 0.296 e. The number of nitrogens with one attached hydrogen (secondary N) is 1. The van der Waals surface area contributed by atoms with E-state index in [9.17, 15) is 4.79 Å². The summed E-state index contributed by atoms with van der Waals surface area (Å²) >= 11 is 3.45.